The van der Waals surface area contributed by atoms with Crippen LogP contribution in [0.5, 0.6) is 0 Å². The molecule has 1 aromatic rings. The Labute approximate surface area is 83.5 Å². The summed E-state index contributed by atoms with van der Waals surface area (Å²) >= 11 is 0. The van der Waals surface area contributed by atoms with Crippen LogP contribution in [0.2, 0.25) is 0 Å². The Morgan fingerprint density at radius 3 is 3.36 bits per heavy atom. The van der Waals surface area contributed by atoms with Crippen LogP contribution in [0.3, 0.4) is 0 Å². The molecule has 78 valence electrons. The third-order valence-electron chi connectivity index (χ3n) is 2.41. The molecule has 1 unspecified atom stereocenters. The predicted octanol–water partition coefficient (Wildman–Crippen LogP) is -0.171. The Morgan fingerprint density at radius 2 is 2.64 bits per heavy atom. The van der Waals surface area contributed by atoms with Gasteiger partial charge in [0.25, 0.3) is 0 Å². The van der Waals surface area contributed by atoms with Gasteiger partial charge in [0.05, 0.1) is 12.7 Å². The summed E-state index contributed by atoms with van der Waals surface area (Å²) in [5.74, 6) is 1.02. The highest BCUT2D eigenvalue weighted by Crippen LogP contribution is 2.04. The fourth-order valence-corrected chi connectivity index (χ4v) is 1.66. The third-order valence-corrected chi connectivity index (χ3v) is 2.41. The average Bonchev–Trinajstić information content (AvgIpc) is 2.67. The summed E-state index contributed by atoms with van der Waals surface area (Å²) in [7, 11) is 0. The molecule has 2 heterocycles. The van der Waals surface area contributed by atoms with Crippen LogP contribution >= 0.6 is 0 Å². The zero-order valence-corrected chi connectivity index (χ0v) is 8.44. The van der Waals surface area contributed by atoms with Gasteiger partial charge in [-0.05, 0) is 6.92 Å². The number of rotatable bonds is 3. The van der Waals surface area contributed by atoms with Crippen molar-refractivity contribution in [3.63, 3.8) is 0 Å². The molecular weight excluding hydrogens is 180 g/mol. The number of hydrogen-bond donors (Lipinski definition) is 1. The fourth-order valence-electron chi connectivity index (χ4n) is 1.66. The van der Waals surface area contributed by atoms with E-state index in [2.05, 4.69) is 22.3 Å². The summed E-state index contributed by atoms with van der Waals surface area (Å²) in [6.45, 7) is 5.60. The van der Waals surface area contributed by atoms with Gasteiger partial charge in [-0.1, -0.05) is 0 Å². The van der Waals surface area contributed by atoms with Gasteiger partial charge in [0.1, 0.15) is 12.2 Å². The summed E-state index contributed by atoms with van der Waals surface area (Å²) in [4.78, 5) is 4.23. The van der Waals surface area contributed by atoms with E-state index < -0.39 is 0 Å². The number of nitrogens with zero attached hydrogens (tertiary/aromatic N) is 3. The van der Waals surface area contributed by atoms with Gasteiger partial charge >= 0.3 is 0 Å². The van der Waals surface area contributed by atoms with Gasteiger partial charge in [0.2, 0.25) is 0 Å². The number of nitrogens with one attached hydrogen (secondary N) is 1. The van der Waals surface area contributed by atoms with Crippen molar-refractivity contribution in [1.29, 1.82) is 0 Å². The second kappa shape index (κ2) is 4.52. The second-order valence-electron chi connectivity index (χ2n) is 3.39. The first kappa shape index (κ1) is 9.61. The van der Waals surface area contributed by atoms with E-state index in [9.17, 15) is 0 Å². The highest BCUT2D eigenvalue weighted by atomic mass is 16.5. The molecule has 1 aromatic heterocycles. The third kappa shape index (κ3) is 2.10. The zero-order chi connectivity index (χ0) is 9.80. The molecule has 0 spiro atoms. The van der Waals surface area contributed by atoms with Gasteiger partial charge in [-0.25, -0.2) is 4.98 Å². The smallest absolute Gasteiger partial charge is 0.138 e. The van der Waals surface area contributed by atoms with E-state index in [-0.39, 0.29) is 6.10 Å². The molecule has 1 atom stereocenters. The summed E-state index contributed by atoms with van der Waals surface area (Å²) in [6, 6.07) is 0. The summed E-state index contributed by atoms with van der Waals surface area (Å²) in [5, 5.41) is 7.43. The maximum atomic E-state index is 5.61. The SMILES string of the molecule is CCn1ncnc1CC1CNCCO1. The first-order valence-electron chi connectivity index (χ1n) is 5.09. The van der Waals surface area contributed by atoms with Crippen LogP contribution in [-0.4, -0.2) is 40.6 Å². The first-order valence-corrected chi connectivity index (χ1v) is 5.09. The Bertz CT molecular complexity index is 280. The molecule has 0 aromatic carbocycles. The Hall–Kier alpha value is -0.940. The van der Waals surface area contributed by atoms with Gasteiger partial charge in [-0.15, -0.1) is 0 Å². The van der Waals surface area contributed by atoms with Crippen molar-refractivity contribution in [3.05, 3.63) is 12.2 Å². The Kier molecular flexibility index (Phi) is 3.10. The molecule has 5 nitrogen and oxygen atoms in total. The van der Waals surface area contributed by atoms with E-state index in [1.165, 1.54) is 0 Å². The summed E-state index contributed by atoms with van der Waals surface area (Å²) in [6.07, 6.45) is 2.70. The highest BCUT2D eigenvalue weighted by Gasteiger charge is 2.16. The number of ether oxygens (including phenoxy) is 1. The Morgan fingerprint density at radius 1 is 1.71 bits per heavy atom. The van der Waals surface area contributed by atoms with Crippen molar-refractivity contribution in [2.45, 2.75) is 26.0 Å². The predicted molar refractivity (Wildman–Crippen MR) is 52.0 cm³/mol. The molecule has 2 rings (SSSR count). The van der Waals surface area contributed by atoms with Crippen molar-refractivity contribution < 1.29 is 4.74 Å². The van der Waals surface area contributed by atoms with Crippen molar-refractivity contribution in [2.75, 3.05) is 19.7 Å². The molecule has 1 aliphatic rings. The molecule has 0 saturated carbocycles. The van der Waals surface area contributed by atoms with E-state index >= 15 is 0 Å². The molecule has 14 heavy (non-hydrogen) atoms. The van der Waals surface area contributed by atoms with E-state index in [1.807, 2.05) is 4.68 Å². The van der Waals surface area contributed by atoms with Crippen LogP contribution < -0.4 is 5.32 Å². The van der Waals surface area contributed by atoms with Crippen LogP contribution in [0.4, 0.5) is 0 Å². The van der Waals surface area contributed by atoms with E-state index in [0.29, 0.717) is 0 Å². The molecule has 1 saturated heterocycles. The van der Waals surface area contributed by atoms with Crippen LogP contribution in [0.15, 0.2) is 6.33 Å². The van der Waals surface area contributed by atoms with Gasteiger partial charge in [-0.2, -0.15) is 5.10 Å². The number of aromatic nitrogens is 3. The van der Waals surface area contributed by atoms with Crippen LogP contribution in [0.1, 0.15) is 12.7 Å². The van der Waals surface area contributed by atoms with Crippen molar-refractivity contribution in [3.8, 4) is 0 Å². The molecule has 0 bridgehead atoms. The van der Waals surface area contributed by atoms with Crippen molar-refractivity contribution in [2.24, 2.45) is 0 Å². The zero-order valence-electron chi connectivity index (χ0n) is 8.44. The summed E-state index contributed by atoms with van der Waals surface area (Å²) < 4.78 is 7.52. The van der Waals surface area contributed by atoms with Crippen molar-refractivity contribution >= 4 is 0 Å². The number of morpholine rings is 1. The maximum Gasteiger partial charge on any atom is 0.138 e. The lowest BCUT2D eigenvalue weighted by Crippen LogP contribution is -2.40. The number of hydrogen-bond acceptors (Lipinski definition) is 4. The maximum absolute atomic E-state index is 5.61. The first-order chi connectivity index (χ1) is 6.90. The highest BCUT2D eigenvalue weighted by molar-refractivity contribution is 4.89. The van der Waals surface area contributed by atoms with Gasteiger partial charge in [-0.3, -0.25) is 4.68 Å². The Balaban J connectivity index is 1.95. The molecule has 5 heteroatoms. The minimum atomic E-state index is 0.248. The minimum absolute atomic E-state index is 0.248. The lowest BCUT2D eigenvalue weighted by Gasteiger charge is -2.23. The molecule has 1 fully saturated rings. The topological polar surface area (TPSA) is 52.0 Å². The monoisotopic (exact) mass is 196 g/mol. The number of aryl methyl sites for hydroxylation is 1. The standard InChI is InChI=1S/C9H16N4O/c1-2-13-9(11-7-12-13)5-8-6-10-3-4-14-8/h7-8,10H,2-6H2,1H3. The lowest BCUT2D eigenvalue weighted by molar-refractivity contribution is 0.0274. The van der Waals surface area contributed by atoms with Gasteiger partial charge in [0, 0.05) is 26.1 Å². The van der Waals surface area contributed by atoms with E-state index in [4.69, 9.17) is 4.74 Å². The van der Waals surface area contributed by atoms with Gasteiger partial charge < -0.3 is 10.1 Å². The summed E-state index contributed by atoms with van der Waals surface area (Å²) in [5.41, 5.74) is 0. The van der Waals surface area contributed by atoms with Gasteiger partial charge in [0.15, 0.2) is 0 Å². The molecular formula is C9H16N4O. The minimum Gasteiger partial charge on any atom is -0.375 e. The fraction of sp³-hybridized carbons (Fsp3) is 0.778. The van der Waals surface area contributed by atoms with Crippen LogP contribution in [0.25, 0.3) is 0 Å². The normalized spacial score (nSPS) is 22.5. The van der Waals surface area contributed by atoms with E-state index in [0.717, 1.165) is 38.5 Å². The molecule has 0 amide bonds. The average molecular weight is 196 g/mol. The molecule has 0 aliphatic carbocycles. The largest absolute Gasteiger partial charge is 0.375 e. The van der Waals surface area contributed by atoms with Crippen LogP contribution in [-0.2, 0) is 17.7 Å². The molecule has 0 radical (unpaired) electrons. The second-order valence-corrected chi connectivity index (χ2v) is 3.39. The lowest BCUT2D eigenvalue weighted by atomic mass is 10.2. The van der Waals surface area contributed by atoms with Crippen LogP contribution in [0, 0.1) is 0 Å². The van der Waals surface area contributed by atoms with Crippen molar-refractivity contribution in [1.82, 2.24) is 20.1 Å². The van der Waals surface area contributed by atoms with E-state index in [1.54, 1.807) is 6.33 Å². The molecule has 1 aliphatic heterocycles. The quantitative estimate of drug-likeness (QED) is 0.729. The molecule has 1 N–H and O–H groups in total.